The van der Waals surface area contributed by atoms with Crippen molar-refractivity contribution in [1.82, 2.24) is 0 Å². The quantitative estimate of drug-likeness (QED) is 0.626. The Morgan fingerprint density at radius 2 is 1.86 bits per heavy atom. The first-order valence-electron chi connectivity index (χ1n) is 8.69. The molecule has 3 aromatic rings. The van der Waals surface area contributed by atoms with Gasteiger partial charge in [0, 0.05) is 18.8 Å². The number of primary amides is 1. The monoisotopic (exact) mass is 409 g/mol. The maximum atomic E-state index is 12.9. The number of anilines is 2. The lowest BCUT2D eigenvalue weighted by Crippen LogP contribution is -2.28. The van der Waals surface area contributed by atoms with Crippen molar-refractivity contribution in [2.24, 2.45) is 5.73 Å². The van der Waals surface area contributed by atoms with E-state index in [1.807, 2.05) is 5.38 Å². The molecule has 3 amide bonds. The molecule has 148 valence electrons. The van der Waals surface area contributed by atoms with Gasteiger partial charge in [0.15, 0.2) is 6.61 Å². The van der Waals surface area contributed by atoms with Crippen LogP contribution < -0.4 is 20.7 Å². The van der Waals surface area contributed by atoms with Crippen LogP contribution in [-0.4, -0.2) is 31.4 Å². The van der Waals surface area contributed by atoms with Crippen LogP contribution in [-0.2, 0) is 4.79 Å². The van der Waals surface area contributed by atoms with E-state index in [4.69, 9.17) is 10.5 Å². The van der Waals surface area contributed by atoms with Crippen LogP contribution in [0.25, 0.3) is 0 Å². The smallest absolute Gasteiger partial charge is 0.268 e. The van der Waals surface area contributed by atoms with E-state index < -0.39 is 5.91 Å². The van der Waals surface area contributed by atoms with E-state index in [2.05, 4.69) is 5.32 Å². The number of nitrogens with one attached hydrogen (secondary N) is 1. The minimum absolute atomic E-state index is 0.193. The van der Waals surface area contributed by atoms with Crippen molar-refractivity contribution in [3.8, 4) is 5.75 Å². The third-order valence-corrected chi connectivity index (χ3v) is 4.88. The number of hydrogen-bond acceptors (Lipinski definition) is 5. The molecular weight excluding hydrogens is 390 g/mol. The normalized spacial score (nSPS) is 10.2. The van der Waals surface area contributed by atoms with Crippen LogP contribution in [0.3, 0.4) is 0 Å². The van der Waals surface area contributed by atoms with Crippen LogP contribution in [0.4, 0.5) is 11.4 Å². The van der Waals surface area contributed by atoms with Crippen LogP contribution in [0.1, 0.15) is 20.0 Å². The lowest BCUT2D eigenvalue weighted by molar-refractivity contribution is -0.119. The van der Waals surface area contributed by atoms with Crippen LogP contribution in [0.2, 0.25) is 0 Å². The van der Waals surface area contributed by atoms with Crippen LogP contribution in [0, 0.1) is 0 Å². The standard InChI is InChI=1S/C21H19N3O4S/c1-24(21(27)18-10-5-11-29-18)17-9-3-2-8-16(17)20(26)23-14-6-4-7-15(12-14)28-13-19(22)25/h2-12H,13H2,1H3,(H2,22,25)(H,23,26). The predicted octanol–water partition coefficient (Wildman–Crippen LogP) is 3.14. The highest BCUT2D eigenvalue weighted by Gasteiger charge is 2.20. The van der Waals surface area contributed by atoms with Gasteiger partial charge in [-0.25, -0.2) is 0 Å². The molecule has 0 radical (unpaired) electrons. The van der Waals surface area contributed by atoms with Gasteiger partial charge in [-0.3, -0.25) is 14.4 Å². The average molecular weight is 409 g/mol. The predicted molar refractivity (Wildman–Crippen MR) is 113 cm³/mol. The van der Waals surface area contributed by atoms with Crippen LogP contribution >= 0.6 is 11.3 Å². The summed E-state index contributed by atoms with van der Waals surface area (Å²) in [5.41, 5.74) is 6.40. The number of hydrogen-bond donors (Lipinski definition) is 2. The summed E-state index contributed by atoms with van der Waals surface area (Å²) in [5, 5.41) is 4.61. The highest BCUT2D eigenvalue weighted by molar-refractivity contribution is 7.12. The molecule has 0 unspecified atom stereocenters. The van der Waals surface area contributed by atoms with Crippen molar-refractivity contribution < 1.29 is 19.1 Å². The summed E-state index contributed by atoms with van der Waals surface area (Å²) in [5.74, 6) is -0.757. The maximum Gasteiger partial charge on any atom is 0.268 e. The number of carbonyl (C=O) groups is 3. The fourth-order valence-electron chi connectivity index (χ4n) is 2.65. The first-order valence-corrected chi connectivity index (χ1v) is 9.57. The molecule has 3 rings (SSSR count). The SMILES string of the molecule is CN(C(=O)c1cccs1)c1ccccc1C(=O)Nc1cccc(OCC(N)=O)c1. The fourth-order valence-corrected chi connectivity index (χ4v) is 3.35. The first kappa shape index (κ1) is 20.1. The van der Waals surface area contributed by atoms with Crippen LogP contribution in [0.5, 0.6) is 5.75 Å². The van der Waals surface area contributed by atoms with Crippen LogP contribution in [0.15, 0.2) is 66.0 Å². The van der Waals surface area contributed by atoms with Gasteiger partial charge in [0.05, 0.1) is 16.1 Å². The molecule has 0 saturated heterocycles. The molecular formula is C21H19N3O4S. The molecule has 1 heterocycles. The zero-order chi connectivity index (χ0) is 20.8. The Hall–Kier alpha value is -3.65. The van der Waals surface area contributed by atoms with E-state index in [1.165, 1.54) is 16.2 Å². The van der Waals surface area contributed by atoms with Gasteiger partial charge in [0.1, 0.15) is 5.75 Å². The Morgan fingerprint density at radius 1 is 1.07 bits per heavy atom. The number of amides is 3. The van der Waals surface area contributed by atoms with E-state index in [9.17, 15) is 14.4 Å². The third kappa shape index (κ3) is 4.99. The van der Waals surface area contributed by atoms with E-state index in [-0.39, 0.29) is 18.4 Å². The van der Waals surface area contributed by atoms with Crippen molar-refractivity contribution in [1.29, 1.82) is 0 Å². The van der Waals surface area contributed by atoms with Crippen molar-refractivity contribution in [2.75, 3.05) is 23.9 Å². The van der Waals surface area contributed by atoms with Gasteiger partial charge >= 0.3 is 0 Å². The van der Waals surface area contributed by atoms with Crippen molar-refractivity contribution >= 4 is 40.4 Å². The van der Waals surface area contributed by atoms with Crippen molar-refractivity contribution in [3.05, 3.63) is 76.5 Å². The van der Waals surface area contributed by atoms with Gasteiger partial charge in [-0.15, -0.1) is 11.3 Å². The molecule has 0 aliphatic rings. The fraction of sp³-hybridized carbons (Fsp3) is 0.0952. The minimum atomic E-state index is -0.591. The molecule has 1 aromatic heterocycles. The summed E-state index contributed by atoms with van der Waals surface area (Å²) >= 11 is 1.34. The summed E-state index contributed by atoms with van der Waals surface area (Å²) < 4.78 is 5.25. The zero-order valence-corrected chi connectivity index (χ0v) is 16.4. The van der Waals surface area contributed by atoms with Gasteiger partial charge in [0.2, 0.25) is 0 Å². The molecule has 0 atom stereocenters. The maximum absolute atomic E-state index is 12.9. The number of benzene rings is 2. The first-order chi connectivity index (χ1) is 14.0. The minimum Gasteiger partial charge on any atom is -0.484 e. The third-order valence-electron chi connectivity index (χ3n) is 4.02. The van der Waals surface area contributed by atoms with Gasteiger partial charge < -0.3 is 20.7 Å². The molecule has 0 fully saturated rings. The molecule has 7 nitrogen and oxygen atoms in total. The molecule has 0 aliphatic carbocycles. The van der Waals surface area contributed by atoms with Gasteiger partial charge in [-0.05, 0) is 35.7 Å². The molecule has 3 N–H and O–H groups in total. The number of nitrogens with zero attached hydrogens (tertiary/aromatic N) is 1. The van der Waals surface area contributed by atoms with Crippen molar-refractivity contribution in [2.45, 2.75) is 0 Å². The molecule has 0 aliphatic heterocycles. The topological polar surface area (TPSA) is 102 Å². The van der Waals surface area contributed by atoms with E-state index >= 15 is 0 Å². The van der Waals surface area contributed by atoms with E-state index in [0.29, 0.717) is 27.6 Å². The number of carbonyl (C=O) groups excluding carboxylic acids is 3. The summed E-state index contributed by atoms with van der Waals surface area (Å²) in [6, 6.07) is 17.0. The highest BCUT2D eigenvalue weighted by Crippen LogP contribution is 2.24. The molecule has 0 bridgehead atoms. The molecule has 29 heavy (non-hydrogen) atoms. The number of thiophene rings is 1. The second kappa shape index (κ2) is 9.03. The number of para-hydroxylation sites is 1. The average Bonchev–Trinajstić information content (AvgIpc) is 3.26. The number of nitrogens with two attached hydrogens (primary N) is 1. The number of ether oxygens (including phenoxy) is 1. The Morgan fingerprint density at radius 3 is 2.59 bits per heavy atom. The van der Waals surface area contributed by atoms with E-state index in [1.54, 1.807) is 67.7 Å². The second-order valence-corrected chi connectivity index (χ2v) is 7.04. The van der Waals surface area contributed by atoms with Gasteiger partial charge in [0.25, 0.3) is 17.7 Å². The lowest BCUT2D eigenvalue weighted by Gasteiger charge is -2.20. The van der Waals surface area contributed by atoms with Crippen molar-refractivity contribution in [3.63, 3.8) is 0 Å². The Kier molecular flexibility index (Phi) is 6.25. The molecule has 2 aromatic carbocycles. The Balaban J connectivity index is 1.79. The second-order valence-electron chi connectivity index (χ2n) is 6.10. The Bertz CT molecular complexity index is 1030. The van der Waals surface area contributed by atoms with E-state index in [0.717, 1.165) is 0 Å². The number of rotatable bonds is 7. The highest BCUT2D eigenvalue weighted by atomic mass is 32.1. The molecule has 8 heteroatoms. The summed E-state index contributed by atoms with van der Waals surface area (Å²) in [6.45, 7) is -0.254. The molecule has 0 saturated carbocycles. The largest absolute Gasteiger partial charge is 0.484 e. The van der Waals surface area contributed by atoms with Gasteiger partial charge in [-0.2, -0.15) is 0 Å². The summed E-state index contributed by atoms with van der Waals surface area (Å²) in [7, 11) is 1.63. The summed E-state index contributed by atoms with van der Waals surface area (Å²) in [6.07, 6.45) is 0. The lowest BCUT2D eigenvalue weighted by atomic mass is 10.1. The van der Waals surface area contributed by atoms with Gasteiger partial charge in [-0.1, -0.05) is 24.3 Å². The molecule has 0 spiro atoms. The Labute approximate surface area is 171 Å². The zero-order valence-electron chi connectivity index (χ0n) is 15.6. The summed E-state index contributed by atoms with van der Waals surface area (Å²) in [4.78, 5) is 38.4.